The Kier molecular flexibility index (Phi) is 3.15. The third kappa shape index (κ3) is 2.50. The topological polar surface area (TPSA) is 87.0 Å². The molecule has 1 aliphatic heterocycles. The van der Waals surface area contributed by atoms with E-state index in [0.717, 1.165) is 12.6 Å². The molecule has 0 fully saturated rings. The molecular weight excluding hydrogens is 268 g/mol. The lowest BCUT2D eigenvalue weighted by Gasteiger charge is -2.21. The summed E-state index contributed by atoms with van der Waals surface area (Å²) < 4.78 is 27.8. The van der Waals surface area contributed by atoms with Crippen molar-refractivity contribution < 1.29 is 18.3 Å². The number of allylic oxidation sites excluding steroid dienone is 1. The summed E-state index contributed by atoms with van der Waals surface area (Å²) in [5, 5.41) is 9.02. The minimum atomic E-state index is -3.99. The first-order valence-corrected chi connectivity index (χ1v) is 6.82. The van der Waals surface area contributed by atoms with Crippen molar-refractivity contribution in [2.24, 2.45) is 4.40 Å². The molecule has 1 aromatic rings. The molecule has 0 saturated carbocycles. The van der Waals surface area contributed by atoms with E-state index >= 15 is 0 Å². The third-order valence-corrected chi connectivity index (χ3v) is 4.06. The highest BCUT2D eigenvalue weighted by molar-refractivity contribution is 7.88. The van der Waals surface area contributed by atoms with E-state index in [1.165, 1.54) is 6.08 Å². The Labute approximate surface area is 110 Å². The summed E-state index contributed by atoms with van der Waals surface area (Å²) in [5.41, 5.74) is 1.37. The van der Waals surface area contributed by atoms with Gasteiger partial charge in [-0.1, -0.05) is 29.8 Å². The second-order valence-corrected chi connectivity index (χ2v) is 5.75. The molecule has 0 atom stereocenters. The molecule has 100 valence electrons. The average Bonchev–Trinajstić information content (AvgIpc) is 2.33. The van der Waals surface area contributed by atoms with Gasteiger partial charge in [0.2, 0.25) is 0 Å². The van der Waals surface area contributed by atoms with E-state index in [1.54, 1.807) is 24.3 Å². The molecule has 1 aromatic carbocycles. The summed E-state index contributed by atoms with van der Waals surface area (Å²) in [6.45, 7) is 1.90. The molecule has 2 rings (SSSR count). The van der Waals surface area contributed by atoms with E-state index in [9.17, 15) is 13.2 Å². The van der Waals surface area contributed by atoms with Crippen LogP contribution in [-0.4, -0.2) is 36.6 Å². The number of carboxylic acid groups (broad SMARTS) is 1. The van der Waals surface area contributed by atoms with Gasteiger partial charge in [-0.25, -0.2) is 9.10 Å². The Morgan fingerprint density at radius 2 is 1.84 bits per heavy atom. The summed E-state index contributed by atoms with van der Waals surface area (Å²) in [6.07, 6.45) is 1.24. The number of hydrogen-bond acceptors (Lipinski definition) is 3. The molecule has 1 N–H and O–H groups in total. The Bertz CT molecular complexity index is 687. The van der Waals surface area contributed by atoms with Gasteiger partial charge in [-0.15, -0.1) is 4.40 Å². The van der Waals surface area contributed by atoms with Gasteiger partial charge in [0.15, 0.2) is 0 Å². The summed E-state index contributed by atoms with van der Waals surface area (Å²) in [5.74, 6) is -1.31. The van der Waals surface area contributed by atoms with Crippen molar-refractivity contribution in [1.82, 2.24) is 4.31 Å². The lowest BCUT2D eigenvalue weighted by Crippen LogP contribution is -2.33. The normalized spacial score (nSPS) is 17.7. The molecule has 0 unspecified atom stereocenters. The Morgan fingerprint density at radius 1 is 1.26 bits per heavy atom. The van der Waals surface area contributed by atoms with Gasteiger partial charge in [-0.05, 0) is 13.0 Å². The zero-order chi connectivity index (χ0) is 14.2. The largest absolute Gasteiger partial charge is 0.477 e. The molecule has 0 radical (unpaired) electrons. The van der Waals surface area contributed by atoms with E-state index in [1.807, 2.05) is 6.92 Å². The maximum Gasteiger partial charge on any atom is 0.353 e. The summed E-state index contributed by atoms with van der Waals surface area (Å²) in [7, 11) is -2.83. The van der Waals surface area contributed by atoms with Gasteiger partial charge in [0.25, 0.3) is 0 Å². The SMILES string of the molecule is Cc1ccc(C2=NS(=O)(=O)N(C)C(C(=O)O)=C2)cc1. The molecule has 0 aromatic heterocycles. The highest BCUT2D eigenvalue weighted by atomic mass is 32.2. The number of hydrogen-bond donors (Lipinski definition) is 1. The fourth-order valence-corrected chi connectivity index (χ4v) is 2.52. The van der Waals surface area contributed by atoms with Crippen LogP contribution in [0.3, 0.4) is 0 Å². The summed E-state index contributed by atoms with van der Waals surface area (Å²) >= 11 is 0. The molecule has 19 heavy (non-hydrogen) atoms. The first-order valence-electron chi connectivity index (χ1n) is 5.42. The molecule has 0 bridgehead atoms. The second kappa shape index (κ2) is 4.51. The second-order valence-electron chi connectivity index (χ2n) is 4.12. The van der Waals surface area contributed by atoms with Crippen LogP contribution >= 0.6 is 0 Å². The van der Waals surface area contributed by atoms with E-state index in [-0.39, 0.29) is 11.4 Å². The zero-order valence-electron chi connectivity index (χ0n) is 10.4. The smallest absolute Gasteiger partial charge is 0.353 e. The number of carbonyl (C=O) groups is 1. The van der Waals surface area contributed by atoms with Gasteiger partial charge < -0.3 is 5.11 Å². The number of likely N-dealkylation sites (N-methyl/N-ethyl adjacent to an activating group) is 1. The van der Waals surface area contributed by atoms with E-state index in [2.05, 4.69) is 4.40 Å². The average molecular weight is 280 g/mol. The summed E-state index contributed by atoms with van der Waals surface area (Å²) in [4.78, 5) is 11.1. The molecule has 0 amide bonds. The molecule has 0 aliphatic carbocycles. The predicted octanol–water partition coefficient (Wildman–Crippen LogP) is 0.943. The van der Waals surface area contributed by atoms with Crippen LogP contribution in [0.15, 0.2) is 40.4 Å². The van der Waals surface area contributed by atoms with Crippen LogP contribution < -0.4 is 0 Å². The van der Waals surface area contributed by atoms with Crippen molar-refractivity contribution in [3.8, 4) is 0 Å². The Balaban J connectivity index is 2.57. The monoisotopic (exact) mass is 280 g/mol. The highest BCUT2D eigenvalue weighted by Gasteiger charge is 2.29. The maximum atomic E-state index is 11.8. The number of aliphatic carboxylic acids is 1. The minimum absolute atomic E-state index is 0.121. The first-order chi connectivity index (χ1) is 8.81. The summed E-state index contributed by atoms with van der Waals surface area (Å²) in [6, 6.07) is 7.00. The Hall–Kier alpha value is -2.15. The number of aryl methyl sites for hydroxylation is 1. The number of nitrogens with zero attached hydrogens (tertiary/aromatic N) is 2. The molecule has 0 spiro atoms. The van der Waals surface area contributed by atoms with Crippen molar-refractivity contribution in [2.45, 2.75) is 6.92 Å². The molecule has 1 heterocycles. The number of rotatable bonds is 2. The van der Waals surface area contributed by atoms with Crippen LogP contribution in [0, 0.1) is 6.92 Å². The quantitative estimate of drug-likeness (QED) is 0.873. The van der Waals surface area contributed by atoms with Crippen molar-refractivity contribution in [2.75, 3.05) is 7.05 Å². The minimum Gasteiger partial charge on any atom is -0.477 e. The van der Waals surface area contributed by atoms with Crippen molar-refractivity contribution in [3.63, 3.8) is 0 Å². The Morgan fingerprint density at radius 3 is 2.37 bits per heavy atom. The maximum absolute atomic E-state index is 11.8. The van der Waals surface area contributed by atoms with Crippen LogP contribution in [0.2, 0.25) is 0 Å². The highest BCUT2D eigenvalue weighted by Crippen LogP contribution is 2.19. The van der Waals surface area contributed by atoms with E-state index in [0.29, 0.717) is 9.87 Å². The van der Waals surface area contributed by atoms with Crippen LogP contribution in [-0.2, 0) is 15.0 Å². The van der Waals surface area contributed by atoms with E-state index < -0.39 is 16.2 Å². The molecular formula is C12H12N2O4S. The molecule has 1 aliphatic rings. The fraction of sp³-hybridized carbons (Fsp3) is 0.167. The number of carboxylic acids is 1. The van der Waals surface area contributed by atoms with Crippen LogP contribution in [0.25, 0.3) is 0 Å². The van der Waals surface area contributed by atoms with Gasteiger partial charge in [0, 0.05) is 12.6 Å². The fourth-order valence-electron chi connectivity index (χ4n) is 1.61. The van der Waals surface area contributed by atoms with Gasteiger partial charge in [-0.2, -0.15) is 8.42 Å². The van der Waals surface area contributed by atoms with Crippen molar-refractivity contribution >= 4 is 21.9 Å². The molecule has 6 nitrogen and oxygen atoms in total. The van der Waals surface area contributed by atoms with Gasteiger partial charge in [-0.3, -0.25) is 0 Å². The van der Waals surface area contributed by atoms with Crippen LogP contribution in [0.1, 0.15) is 11.1 Å². The lowest BCUT2D eigenvalue weighted by atomic mass is 10.1. The number of benzene rings is 1. The molecule has 0 saturated heterocycles. The molecule has 7 heteroatoms. The predicted molar refractivity (Wildman–Crippen MR) is 70.1 cm³/mol. The first kappa shape index (κ1) is 13.3. The van der Waals surface area contributed by atoms with Crippen LogP contribution in [0.5, 0.6) is 0 Å². The van der Waals surface area contributed by atoms with Crippen molar-refractivity contribution in [1.29, 1.82) is 0 Å². The van der Waals surface area contributed by atoms with Gasteiger partial charge in [0.05, 0.1) is 5.71 Å². The zero-order valence-corrected chi connectivity index (χ0v) is 11.2. The van der Waals surface area contributed by atoms with E-state index in [4.69, 9.17) is 5.11 Å². The standard InChI is InChI=1S/C12H12N2O4S/c1-8-3-5-9(6-4-8)10-7-11(12(15)16)14(2)19(17,18)13-10/h3-7H,1-2H3,(H,15,16). The lowest BCUT2D eigenvalue weighted by molar-refractivity contribution is -0.133. The third-order valence-electron chi connectivity index (χ3n) is 2.74. The van der Waals surface area contributed by atoms with Gasteiger partial charge in [0.1, 0.15) is 5.70 Å². The van der Waals surface area contributed by atoms with Gasteiger partial charge >= 0.3 is 16.2 Å². The van der Waals surface area contributed by atoms with Crippen molar-refractivity contribution in [3.05, 3.63) is 47.2 Å². The van der Waals surface area contributed by atoms with Crippen LogP contribution in [0.4, 0.5) is 0 Å².